The van der Waals surface area contributed by atoms with Crippen molar-refractivity contribution in [1.29, 1.82) is 0 Å². The first-order chi connectivity index (χ1) is 18.4. The zero-order valence-corrected chi connectivity index (χ0v) is 22.2. The van der Waals surface area contributed by atoms with Crippen molar-refractivity contribution in [3.8, 4) is 17.2 Å². The van der Waals surface area contributed by atoms with E-state index in [2.05, 4.69) is 17.4 Å². The van der Waals surface area contributed by atoms with E-state index in [1.165, 1.54) is 12.7 Å². The molecular weight excluding hydrogens is 522 g/mol. The Balaban J connectivity index is 1.59. The van der Waals surface area contributed by atoms with Crippen molar-refractivity contribution in [3.63, 3.8) is 0 Å². The second-order valence-electron chi connectivity index (χ2n) is 8.42. The number of carbonyl (C=O) groups is 2. The molecule has 0 aliphatic heterocycles. The fourth-order valence-corrected chi connectivity index (χ4v) is 4.83. The van der Waals surface area contributed by atoms with Crippen LogP contribution in [0.4, 0.5) is 5.69 Å². The smallest absolute Gasteiger partial charge is 0.307 e. The van der Waals surface area contributed by atoms with Gasteiger partial charge in [0.1, 0.15) is 5.75 Å². The number of carboxylic acid groups (broad SMARTS) is 1. The lowest BCUT2D eigenvalue weighted by molar-refractivity contribution is -0.136. The van der Waals surface area contributed by atoms with Gasteiger partial charge in [-0.3, -0.25) is 9.59 Å². The van der Waals surface area contributed by atoms with E-state index >= 15 is 0 Å². The van der Waals surface area contributed by atoms with Crippen LogP contribution in [0.5, 0.6) is 17.2 Å². The fourth-order valence-electron chi connectivity index (χ4n) is 3.73. The molecule has 4 aromatic rings. The summed E-state index contributed by atoms with van der Waals surface area (Å²) in [5, 5.41) is 12.7. The highest BCUT2D eigenvalue weighted by atomic mass is 35.5. The van der Waals surface area contributed by atoms with Crippen molar-refractivity contribution in [2.75, 3.05) is 12.4 Å². The van der Waals surface area contributed by atoms with Crippen LogP contribution < -0.4 is 14.8 Å². The van der Waals surface area contributed by atoms with Gasteiger partial charge in [0.2, 0.25) is 0 Å². The number of carbonyl (C=O) groups excluding carboxylic acids is 1. The summed E-state index contributed by atoms with van der Waals surface area (Å²) < 4.78 is 11.7. The number of methoxy groups -OCH3 is 1. The molecule has 38 heavy (non-hydrogen) atoms. The Morgan fingerprint density at radius 2 is 1.58 bits per heavy atom. The summed E-state index contributed by atoms with van der Waals surface area (Å²) in [6.45, 7) is 0. The molecule has 1 amide bonds. The minimum atomic E-state index is -0.931. The van der Waals surface area contributed by atoms with E-state index in [1.807, 2.05) is 24.3 Å². The Hall–Kier alpha value is -3.94. The number of hydrogen-bond acceptors (Lipinski definition) is 5. The van der Waals surface area contributed by atoms with Crippen molar-refractivity contribution < 1.29 is 24.2 Å². The topological polar surface area (TPSA) is 84.9 Å². The fraction of sp³-hybridized carbons (Fsp3) is 0.133. The zero-order valence-electron chi connectivity index (χ0n) is 20.6. The third kappa shape index (κ3) is 7.54. The number of anilines is 1. The van der Waals surface area contributed by atoms with Gasteiger partial charge in [-0.1, -0.05) is 48.0 Å². The normalized spacial score (nSPS) is 10.6. The summed E-state index contributed by atoms with van der Waals surface area (Å²) >= 11 is 7.66. The van der Waals surface area contributed by atoms with Crippen molar-refractivity contribution in [2.24, 2.45) is 0 Å². The molecule has 2 N–H and O–H groups in total. The van der Waals surface area contributed by atoms with Gasteiger partial charge in [-0.2, -0.15) is 11.8 Å². The Morgan fingerprint density at radius 1 is 0.842 bits per heavy atom. The zero-order chi connectivity index (χ0) is 26.9. The van der Waals surface area contributed by atoms with Crippen LogP contribution in [-0.2, 0) is 22.7 Å². The van der Waals surface area contributed by atoms with Gasteiger partial charge in [0, 0.05) is 33.3 Å². The maximum absolute atomic E-state index is 12.8. The van der Waals surface area contributed by atoms with Crippen LogP contribution >= 0.6 is 23.4 Å². The van der Waals surface area contributed by atoms with Crippen LogP contribution in [0.25, 0.3) is 0 Å². The van der Waals surface area contributed by atoms with E-state index in [-0.39, 0.29) is 12.3 Å². The third-order valence-corrected chi connectivity index (χ3v) is 6.90. The first-order valence-electron chi connectivity index (χ1n) is 11.8. The number of benzene rings is 4. The van der Waals surface area contributed by atoms with Gasteiger partial charge in [-0.25, -0.2) is 0 Å². The summed E-state index contributed by atoms with van der Waals surface area (Å²) in [4.78, 5) is 24.0. The minimum Gasteiger partial charge on any atom is -0.493 e. The number of rotatable bonds is 11. The monoisotopic (exact) mass is 547 g/mol. The summed E-state index contributed by atoms with van der Waals surface area (Å²) in [6, 6.07) is 27.3. The van der Waals surface area contributed by atoms with Gasteiger partial charge >= 0.3 is 5.97 Å². The maximum Gasteiger partial charge on any atom is 0.307 e. The minimum absolute atomic E-state index is 0.129. The molecule has 8 heteroatoms. The van der Waals surface area contributed by atoms with Gasteiger partial charge in [0.25, 0.3) is 5.91 Å². The average molecular weight is 548 g/mol. The van der Waals surface area contributed by atoms with E-state index in [1.54, 1.807) is 66.4 Å². The van der Waals surface area contributed by atoms with E-state index in [9.17, 15) is 14.7 Å². The van der Waals surface area contributed by atoms with E-state index in [0.717, 1.165) is 11.3 Å². The molecule has 0 fully saturated rings. The van der Waals surface area contributed by atoms with Gasteiger partial charge in [0.05, 0.1) is 13.5 Å². The Bertz CT molecular complexity index is 1410. The molecule has 0 aliphatic rings. The first-order valence-corrected chi connectivity index (χ1v) is 13.3. The van der Waals surface area contributed by atoms with E-state index in [4.69, 9.17) is 21.1 Å². The lowest BCUT2D eigenvalue weighted by Crippen LogP contribution is -2.12. The Morgan fingerprint density at radius 3 is 2.29 bits per heavy atom. The number of carboxylic acids is 1. The van der Waals surface area contributed by atoms with Crippen LogP contribution in [0.3, 0.4) is 0 Å². The highest BCUT2D eigenvalue weighted by Crippen LogP contribution is 2.37. The van der Waals surface area contributed by atoms with Crippen LogP contribution in [0.2, 0.25) is 5.02 Å². The molecule has 0 bridgehead atoms. The number of nitrogens with one attached hydrogen (secondary N) is 1. The Kier molecular flexibility index (Phi) is 9.30. The average Bonchev–Trinajstić information content (AvgIpc) is 2.91. The van der Waals surface area contributed by atoms with Crippen molar-refractivity contribution in [1.82, 2.24) is 0 Å². The van der Waals surface area contributed by atoms with Gasteiger partial charge < -0.3 is 19.9 Å². The van der Waals surface area contributed by atoms with Crippen LogP contribution in [-0.4, -0.2) is 24.1 Å². The number of aliphatic carboxylic acids is 1. The van der Waals surface area contributed by atoms with E-state index < -0.39 is 5.97 Å². The number of ether oxygens (including phenoxy) is 2. The van der Waals surface area contributed by atoms with Crippen molar-refractivity contribution in [3.05, 3.63) is 118 Å². The third-order valence-electron chi connectivity index (χ3n) is 5.60. The molecule has 0 atom stereocenters. The van der Waals surface area contributed by atoms with Gasteiger partial charge in [0.15, 0.2) is 11.5 Å². The molecule has 0 heterocycles. The van der Waals surface area contributed by atoms with E-state index in [0.29, 0.717) is 44.8 Å². The van der Waals surface area contributed by atoms with Gasteiger partial charge in [-0.15, -0.1) is 0 Å². The predicted molar refractivity (Wildman–Crippen MR) is 152 cm³/mol. The number of thioether (sulfide) groups is 1. The quantitative estimate of drug-likeness (QED) is 0.203. The highest BCUT2D eigenvalue weighted by molar-refractivity contribution is 7.97. The van der Waals surface area contributed by atoms with Crippen molar-refractivity contribution >= 4 is 40.9 Å². The molecule has 0 aromatic heterocycles. The highest BCUT2D eigenvalue weighted by Gasteiger charge is 2.14. The predicted octanol–water partition coefficient (Wildman–Crippen LogP) is 7.45. The van der Waals surface area contributed by atoms with Crippen LogP contribution in [0.15, 0.2) is 91.0 Å². The molecule has 6 nitrogen and oxygen atoms in total. The molecule has 0 saturated heterocycles. The lowest BCUT2D eigenvalue weighted by atomic mass is 10.1. The molecule has 0 unspecified atom stereocenters. The number of amides is 1. The molecule has 4 rings (SSSR count). The molecule has 0 saturated carbocycles. The summed E-state index contributed by atoms with van der Waals surface area (Å²) in [5.74, 6) is 1.73. The lowest BCUT2D eigenvalue weighted by Gasteiger charge is -2.16. The molecule has 4 aromatic carbocycles. The summed E-state index contributed by atoms with van der Waals surface area (Å²) in [7, 11) is 1.53. The largest absolute Gasteiger partial charge is 0.493 e. The molecule has 0 spiro atoms. The second-order valence-corrected chi connectivity index (χ2v) is 9.84. The molecule has 194 valence electrons. The Labute approximate surface area is 230 Å². The second kappa shape index (κ2) is 13.0. The maximum atomic E-state index is 12.8. The SMILES string of the molecule is COc1ccc(CC(=O)O)cc1Oc1ccc(NC(=O)c2ccc(Cl)cc2)cc1CSCc1ccccc1. The van der Waals surface area contributed by atoms with Gasteiger partial charge in [-0.05, 0) is 65.7 Å². The molecular formula is C30H26ClNO5S. The molecule has 0 aliphatic carbocycles. The standard InChI is InChI=1S/C30H26ClNO5S/c1-36-27-13-7-21(16-29(33)34)15-28(27)37-26-14-12-25(32-30(35)22-8-10-24(31)11-9-22)17-23(26)19-38-18-20-5-3-2-4-6-20/h2-15,17H,16,18-19H2,1H3,(H,32,35)(H,33,34). The summed E-state index contributed by atoms with van der Waals surface area (Å²) in [6.07, 6.45) is -0.129. The summed E-state index contributed by atoms with van der Waals surface area (Å²) in [5.41, 5.74) is 3.79. The molecule has 0 radical (unpaired) electrons. The van der Waals surface area contributed by atoms with Crippen LogP contribution in [0.1, 0.15) is 27.0 Å². The number of halogens is 1. The number of hydrogen-bond donors (Lipinski definition) is 2. The van der Waals surface area contributed by atoms with Crippen LogP contribution in [0, 0.1) is 0 Å². The van der Waals surface area contributed by atoms with Crippen molar-refractivity contribution in [2.45, 2.75) is 17.9 Å². The first kappa shape index (κ1) is 27.1.